The van der Waals surface area contributed by atoms with Crippen LogP contribution in [0, 0.1) is 6.92 Å². The fraction of sp³-hybridized carbons (Fsp3) is 0.192. The number of hydrogen-bond acceptors (Lipinski definition) is 5. The zero-order valence-electron chi connectivity index (χ0n) is 18.1. The summed E-state index contributed by atoms with van der Waals surface area (Å²) in [6.45, 7) is 5.73. The van der Waals surface area contributed by atoms with Crippen molar-refractivity contribution < 1.29 is 19.4 Å². The minimum absolute atomic E-state index is 0.0319. The molecule has 32 heavy (non-hydrogen) atoms. The van der Waals surface area contributed by atoms with E-state index in [1.54, 1.807) is 54.9 Å². The quantitative estimate of drug-likeness (QED) is 0.359. The lowest BCUT2D eigenvalue weighted by atomic mass is 9.95. The van der Waals surface area contributed by atoms with Gasteiger partial charge in [0.2, 0.25) is 0 Å². The Morgan fingerprint density at radius 2 is 1.75 bits per heavy atom. The number of anilines is 1. The van der Waals surface area contributed by atoms with Crippen molar-refractivity contribution in [1.29, 1.82) is 0 Å². The summed E-state index contributed by atoms with van der Waals surface area (Å²) in [6, 6.07) is 16.9. The van der Waals surface area contributed by atoms with E-state index in [4.69, 9.17) is 4.74 Å². The maximum atomic E-state index is 13.2. The number of rotatable bonds is 5. The summed E-state index contributed by atoms with van der Waals surface area (Å²) in [4.78, 5) is 31.8. The van der Waals surface area contributed by atoms with E-state index in [1.807, 2.05) is 39.0 Å². The molecule has 1 fully saturated rings. The third-order valence-electron chi connectivity index (χ3n) is 5.23. The third kappa shape index (κ3) is 3.99. The van der Waals surface area contributed by atoms with Gasteiger partial charge in [0, 0.05) is 23.6 Å². The second kappa shape index (κ2) is 8.67. The van der Waals surface area contributed by atoms with Crippen molar-refractivity contribution in [2.24, 2.45) is 0 Å². The van der Waals surface area contributed by atoms with Gasteiger partial charge in [0.25, 0.3) is 11.7 Å². The van der Waals surface area contributed by atoms with Crippen molar-refractivity contribution in [3.05, 3.63) is 95.3 Å². The molecule has 4 rings (SSSR count). The number of carbonyl (C=O) groups is 2. The van der Waals surface area contributed by atoms with Crippen molar-refractivity contribution in [2.45, 2.75) is 32.9 Å². The van der Waals surface area contributed by atoms with Gasteiger partial charge in [-0.15, -0.1) is 0 Å². The Morgan fingerprint density at radius 3 is 2.44 bits per heavy atom. The van der Waals surface area contributed by atoms with Crippen LogP contribution < -0.4 is 9.64 Å². The Kier molecular flexibility index (Phi) is 5.77. The molecule has 1 aromatic heterocycles. The minimum atomic E-state index is -0.783. The van der Waals surface area contributed by atoms with Gasteiger partial charge >= 0.3 is 0 Å². The van der Waals surface area contributed by atoms with Crippen LogP contribution >= 0.6 is 0 Å². The number of nitrogens with zero attached hydrogens (tertiary/aromatic N) is 2. The number of carbonyl (C=O) groups excluding carboxylic acids is 2. The predicted molar refractivity (Wildman–Crippen MR) is 122 cm³/mol. The molecule has 2 aromatic carbocycles. The van der Waals surface area contributed by atoms with Crippen LogP contribution in [0.25, 0.3) is 5.76 Å². The van der Waals surface area contributed by atoms with Crippen LogP contribution in [0.5, 0.6) is 5.75 Å². The van der Waals surface area contributed by atoms with Crippen LogP contribution in [0.3, 0.4) is 0 Å². The van der Waals surface area contributed by atoms with E-state index in [-0.39, 0.29) is 17.4 Å². The zero-order chi connectivity index (χ0) is 22.8. The molecule has 1 aliphatic heterocycles. The number of benzene rings is 2. The zero-order valence-corrected chi connectivity index (χ0v) is 18.1. The normalized spacial score (nSPS) is 17.8. The molecule has 1 aliphatic rings. The smallest absolute Gasteiger partial charge is 0.300 e. The molecule has 0 bridgehead atoms. The summed E-state index contributed by atoms with van der Waals surface area (Å²) in [5.41, 5.74) is 2.66. The fourth-order valence-corrected chi connectivity index (χ4v) is 3.88. The molecule has 2 heterocycles. The van der Waals surface area contributed by atoms with Gasteiger partial charge in [-0.2, -0.15) is 0 Å². The second-order valence-corrected chi connectivity index (χ2v) is 7.98. The topological polar surface area (TPSA) is 79.7 Å². The number of aryl methyl sites for hydroxylation is 1. The van der Waals surface area contributed by atoms with Gasteiger partial charge in [-0.1, -0.05) is 24.3 Å². The molecule has 1 atom stereocenters. The Bertz CT molecular complexity index is 1200. The van der Waals surface area contributed by atoms with E-state index < -0.39 is 17.7 Å². The van der Waals surface area contributed by atoms with E-state index in [0.29, 0.717) is 22.6 Å². The van der Waals surface area contributed by atoms with Crippen molar-refractivity contribution in [3.8, 4) is 5.75 Å². The SMILES string of the molecule is Cc1cccc(N2C(=O)C(=O)/C(=C(/O)c3cccc(OC(C)C)c3)C2c2ccncc2)c1. The Morgan fingerprint density at radius 1 is 1.03 bits per heavy atom. The van der Waals surface area contributed by atoms with Crippen molar-refractivity contribution in [2.75, 3.05) is 4.90 Å². The summed E-state index contributed by atoms with van der Waals surface area (Å²) in [5, 5.41) is 11.2. The number of amides is 1. The molecule has 0 radical (unpaired) electrons. The average Bonchev–Trinajstić information content (AvgIpc) is 3.04. The van der Waals surface area contributed by atoms with Crippen molar-refractivity contribution in [3.63, 3.8) is 0 Å². The lowest BCUT2D eigenvalue weighted by Crippen LogP contribution is -2.29. The number of pyridine rings is 1. The van der Waals surface area contributed by atoms with Crippen LogP contribution in [0.1, 0.15) is 36.6 Å². The molecule has 0 aliphatic carbocycles. The second-order valence-electron chi connectivity index (χ2n) is 7.98. The number of aromatic nitrogens is 1. The molecule has 6 nitrogen and oxygen atoms in total. The standard InChI is InChI=1S/C26H24N2O4/c1-16(2)32-21-9-5-7-19(15-21)24(29)22-23(18-10-12-27-13-11-18)28(26(31)25(22)30)20-8-4-6-17(3)14-20/h4-16,23,29H,1-3H3/b24-22+. The molecule has 6 heteroatoms. The first kappa shape index (κ1) is 21.3. The van der Waals surface area contributed by atoms with E-state index >= 15 is 0 Å². The molecule has 3 aromatic rings. The summed E-state index contributed by atoms with van der Waals surface area (Å²) < 4.78 is 5.73. The monoisotopic (exact) mass is 428 g/mol. The molecule has 162 valence electrons. The number of ketones is 1. The molecule has 1 N–H and O–H groups in total. The first-order chi connectivity index (χ1) is 15.4. The highest BCUT2D eigenvalue weighted by atomic mass is 16.5. The van der Waals surface area contributed by atoms with Crippen molar-refractivity contribution in [1.82, 2.24) is 4.98 Å². The number of ether oxygens (including phenoxy) is 1. The highest BCUT2D eigenvalue weighted by molar-refractivity contribution is 6.51. The lowest BCUT2D eigenvalue weighted by Gasteiger charge is -2.25. The maximum Gasteiger partial charge on any atom is 0.300 e. The van der Waals surface area contributed by atoms with Gasteiger partial charge in [0.05, 0.1) is 17.7 Å². The van der Waals surface area contributed by atoms with Crippen LogP contribution in [0.4, 0.5) is 5.69 Å². The summed E-state index contributed by atoms with van der Waals surface area (Å²) in [5.74, 6) is -1.10. The minimum Gasteiger partial charge on any atom is -0.507 e. The van der Waals surface area contributed by atoms with Gasteiger partial charge in [-0.25, -0.2) is 0 Å². The number of Topliss-reactive ketones (excluding diaryl/α,β-unsaturated/α-hetero) is 1. The van der Waals surface area contributed by atoms with Crippen LogP contribution in [0.15, 0.2) is 78.6 Å². The number of aliphatic hydroxyl groups excluding tert-OH is 1. The van der Waals surface area contributed by atoms with Crippen LogP contribution in [0.2, 0.25) is 0 Å². The van der Waals surface area contributed by atoms with Gasteiger partial charge in [0.15, 0.2) is 0 Å². The molecular weight excluding hydrogens is 404 g/mol. The number of aliphatic hydroxyl groups is 1. The summed E-state index contributed by atoms with van der Waals surface area (Å²) in [6.07, 6.45) is 3.15. The van der Waals surface area contributed by atoms with E-state index in [2.05, 4.69) is 4.98 Å². The third-order valence-corrected chi connectivity index (χ3v) is 5.23. The fourth-order valence-electron chi connectivity index (χ4n) is 3.88. The molecule has 1 unspecified atom stereocenters. The summed E-state index contributed by atoms with van der Waals surface area (Å²) in [7, 11) is 0. The molecule has 1 saturated heterocycles. The molecule has 0 spiro atoms. The first-order valence-corrected chi connectivity index (χ1v) is 10.4. The molecular formula is C26H24N2O4. The largest absolute Gasteiger partial charge is 0.507 e. The predicted octanol–water partition coefficient (Wildman–Crippen LogP) is 4.80. The van der Waals surface area contributed by atoms with E-state index in [9.17, 15) is 14.7 Å². The van der Waals surface area contributed by atoms with Gasteiger partial charge < -0.3 is 9.84 Å². The first-order valence-electron chi connectivity index (χ1n) is 10.4. The van der Waals surface area contributed by atoms with E-state index in [1.165, 1.54) is 4.90 Å². The molecule has 0 saturated carbocycles. The lowest BCUT2D eigenvalue weighted by molar-refractivity contribution is -0.132. The van der Waals surface area contributed by atoms with Crippen LogP contribution in [-0.2, 0) is 9.59 Å². The van der Waals surface area contributed by atoms with Gasteiger partial charge in [-0.3, -0.25) is 19.5 Å². The van der Waals surface area contributed by atoms with E-state index in [0.717, 1.165) is 5.56 Å². The van der Waals surface area contributed by atoms with Gasteiger partial charge in [0.1, 0.15) is 11.5 Å². The average molecular weight is 428 g/mol. The van der Waals surface area contributed by atoms with Gasteiger partial charge in [-0.05, 0) is 68.3 Å². The molecule has 1 amide bonds. The van der Waals surface area contributed by atoms with Crippen LogP contribution in [-0.4, -0.2) is 27.9 Å². The maximum absolute atomic E-state index is 13.2. The highest BCUT2D eigenvalue weighted by Crippen LogP contribution is 2.42. The Labute approximate surface area is 186 Å². The van der Waals surface area contributed by atoms with Crippen molar-refractivity contribution >= 4 is 23.1 Å². The highest BCUT2D eigenvalue weighted by Gasteiger charge is 2.47. The Balaban J connectivity index is 1.90. The summed E-state index contributed by atoms with van der Waals surface area (Å²) >= 11 is 0. The Hall–Kier alpha value is -3.93. The number of hydrogen-bond donors (Lipinski definition) is 1.